The summed E-state index contributed by atoms with van der Waals surface area (Å²) in [5.74, 6) is -0.196. The molecular weight excluding hydrogens is 437 g/mol. The van der Waals surface area contributed by atoms with E-state index in [-0.39, 0.29) is 23.2 Å². The van der Waals surface area contributed by atoms with Gasteiger partial charge in [-0.05, 0) is 82.3 Å². The minimum atomic E-state index is -4.48. The second-order valence-corrected chi connectivity index (χ2v) is 10.5. The average molecular weight is 471 g/mol. The number of hydrogen-bond donors (Lipinski definition) is 0. The fourth-order valence-electron chi connectivity index (χ4n) is 5.82. The second-order valence-electron chi connectivity index (χ2n) is 10.5. The molecule has 0 unspecified atom stereocenters. The number of benzene rings is 2. The molecule has 2 aliphatic heterocycles. The minimum Gasteiger partial charge on any atom is -0.371 e. The van der Waals surface area contributed by atoms with Crippen LogP contribution in [0.2, 0.25) is 0 Å². The molecular formula is C28H33F3N2O. The molecule has 0 aromatic heterocycles. The van der Waals surface area contributed by atoms with Gasteiger partial charge in [0.05, 0.1) is 5.56 Å². The molecule has 0 bridgehead atoms. The molecule has 2 aromatic carbocycles. The zero-order valence-corrected chi connectivity index (χ0v) is 19.8. The van der Waals surface area contributed by atoms with E-state index in [1.165, 1.54) is 18.9 Å². The standard InChI is InChI=1S/C28H33F3N2O/c1-20-5-4-6-22(15-20)27(9-10-27)19-26(34)21-16-23(28(29,30)31)18-25(17-21)33-13-7-24(8-14-33)32-11-2-3-12-32/h4-6,15-18,24H,2-3,7-14,19H2,1H3. The predicted molar refractivity (Wildman–Crippen MR) is 129 cm³/mol. The van der Waals surface area contributed by atoms with Gasteiger partial charge < -0.3 is 9.80 Å². The Morgan fingerprint density at radius 3 is 2.32 bits per heavy atom. The lowest BCUT2D eigenvalue weighted by Crippen LogP contribution is -2.44. The van der Waals surface area contributed by atoms with Crippen LogP contribution >= 0.6 is 0 Å². The number of Topliss-reactive ketones (excluding diaryl/α,β-unsaturated/α-hetero) is 1. The number of hydrogen-bond acceptors (Lipinski definition) is 3. The Labute approximate surface area is 199 Å². The van der Waals surface area contributed by atoms with Crippen LogP contribution in [0.25, 0.3) is 0 Å². The molecule has 2 aromatic rings. The fourth-order valence-corrected chi connectivity index (χ4v) is 5.82. The molecule has 0 radical (unpaired) electrons. The van der Waals surface area contributed by atoms with Crippen LogP contribution in [-0.4, -0.2) is 42.9 Å². The molecule has 0 spiro atoms. The van der Waals surface area contributed by atoms with Crippen molar-refractivity contribution in [3.05, 3.63) is 64.7 Å². The smallest absolute Gasteiger partial charge is 0.371 e. The molecule has 34 heavy (non-hydrogen) atoms. The summed E-state index contributed by atoms with van der Waals surface area (Å²) in [5.41, 5.74) is 2.01. The lowest BCUT2D eigenvalue weighted by atomic mass is 9.87. The van der Waals surface area contributed by atoms with Gasteiger partial charge in [-0.15, -0.1) is 0 Å². The van der Waals surface area contributed by atoms with E-state index in [9.17, 15) is 18.0 Å². The zero-order valence-electron chi connectivity index (χ0n) is 19.8. The van der Waals surface area contributed by atoms with Crippen LogP contribution in [-0.2, 0) is 11.6 Å². The van der Waals surface area contributed by atoms with Crippen LogP contribution in [0.1, 0.15) is 72.0 Å². The van der Waals surface area contributed by atoms with Gasteiger partial charge in [0, 0.05) is 42.2 Å². The van der Waals surface area contributed by atoms with Crippen molar-refractivity contribution in [1.82, 2.24) is 4.90 Å². The van der Waals surface area contributed by atoms with Gasteiger partial charge >= 0.3 is 6.18 Å². The first kappa shape index (κ1) is 23.4. The van der Waals surface area contributed by atoms with Gasteiger partial charge in [-0.25, -0.2) is 0 Å². The number of halogens is 3. The summed E-state index contributed by atoms with van der Waals surface area (Å²) in [6.45, 7) is 5.74. The number of likely N-dealkylation sites (tertiary alicyclic amines) is 1. The van der Waals surface area contributed by atoms with Crippen molar-refractivity contribution in [1.29, 1.82) is 0 Å². The molecule has 0 amide bonds. The average Bonchev–Trinajstić information content (AvgIpc) is 3.39. The summed E-state index contributed by atoms with van der Waals surface area (Å²) >= 11 is 0. The highest BCUT2D eigenvalue weighted by atomic mass is 19.4. The number of aryl methyl sites for hydroxylation is 1. The van der Waals surface area contributed by atoms with E-state index >= 15 is 0 Å². The molecule has 0 atom stereocenters. The number of rotatable bonds is 6. The lowest BCUT2D eigenvalue weighted by Gasteiger charge is -2.38. The maximum Gasteiger partial charge on any atom is 0.416 e. The number of alkyl halides is 3. The van der Waals surface area contributed by atoms with Crippen molar-refractivity contribution in [2.24, 2.45) is 0 Å². The number of ketones is 1. The molecule has 5 rings (SSSR count). The van der Waals surface area contributed by atoms with Crippen LogP contribution in [0.4, 0.5) is 18.9 Å². The maximum absolute atomic E-state index is 13.8. The third-order valence-corrected chi connectivity index (χ3v) is 8.04. The highest BCUT2D eigenvalue weighted by molar-refractivity contribution is 5.98. The van der Waals surface area contributed by atoms with Crippen molar-refractivity contribution in [3.8, 4) is 0 Å². The Kier molecular flexibility index (Phi) is 6.21. The quantitative estimate of drug-likeness (QED) is 0.458. The highest BCUT2D eigenvalue weighted by Crippen LogP contribution is 2.52. The summed E-state index contributed by atoms with van der Waals surface area (Å²) in [5, 5.41) is 0. The van der Waals surface area contributed by atoms with Crippen LogP contribution in [0.5, 0.6) is 0 Å². The number of carbonyl (C=O) groups excluding carboxylic acids is 1. The summed E-state index contributed by atoms with van der Waals surface area (Å²) in [6.07, 6.45) is 1.97. The molecule has 182 valence electrons. The van der Waals surface area contributed by atoms with Crippen LogP contribution < -0.4 is 4.90 Å². The first-order chi connectivity index (χ1) is 16.2. The van der Waals surface area contributed by atoms with E-state index in [0.717, 1.165) is 69.1 Å². The molecule has 2 saturated heterocycles. The first-order valence-corrected chi connectivity index (χ1v) is 12.6. The van der Waals surface area contributed by atoms with Gasteiger partial charge in [0.1, 0.15) is 0 Å². The normalized spacial score (nSPS) is 21.1. The van der Waals surface area contributed by atoms with Gasteiger partial charge in [0.2, 0.25) is 0 Å². The van der Waals surface area contributed by atoms with Crippen molar-refractivity contribution >= 4 is 11.5 Å². The molecule has 6 heteroatoms. The topological polar surface area (TPSA) is 23.6 Å². The third-order valence-electron chi connectivity index (χ3n) is 8.04. The van der Waals surface area contributed by atoms with E-state index in [1.54, 1.807) is 6.07 Å². The third kappa shape index (κ3) is 4.88. The summed E-state index contributed by atoms with van der Waals surface area (Å²) in [6, 6.07) is 12.6. The van der Waals surface area contributed by atoms with E-state index in [0.29, 0.717) is 11.7 Å². The Bertz CT molecular complexity index is 1050. The Morgan fingerprint density at radius 2 is 1.71 bits per heavy atom. The second kappa shape index (κ2) is 9.03. The molecule has 3 nitrogen and oxygen atoms in total. The Morgan fingerprint density at radius 1 is 1.00 bits per heavy atom. The van der Waals surface area contributed by atoms with Gasteiger partial charge in [-0.3, -0.25) is 4.79 Å². The van der Waals surface area contributed by atoms with E-state index < -0.39 is 11.7 Å². The molecule has 2 heterocycles. The van der Waals surface area contributed by atoms with Crippen LogP contribution in [0.3, 0.4) is 0 Å². The number of anilines is 1. The van der Waals surface area contributed by atoms with E-state index in [4.69, 9.17) is 0 Å². The van der Waals surface area contributed by atoms with E-state index in [2.05, 4.69) is 11.0 Å². The summed E-state index contributed by atoms with van der Waals surface area (Å²) in [4.78, 5) is 17.9. The van der Waals surface area contributed by atoms with Gasteiger partial charge in [-0.1, -0.05) is 29.8 Å². The highest BCUT2D eigenvalue weighted by Gasteiger charge is 2.46. The molecule has 3 aliphatic rings. The summed E-state index contributed by atoms with van der Waals surface area (Å²) < 4.78 is 41.3. The fraction of sp³-hybridized carbons (Fsp3) is 0.536. The SMILES string of the molecule is Cc1cccc(C2(CC(=O)c3cc(N4CCC(N5CCCC5)CC4)cc(C(F)(F)F)c3)CC2)c1. The summed E-state index contributed by atoms with van der Waals surface area (Å²) in [7, 11) is 0. The first-order valence-electron chi connectivity index (χ1n) is 12.6. The van der Waals surface area contributed by atoms with Crippen molar-refractivity contribution in [2.75, 3.05) is 31.1 Å². The van der Waals surface area contributed by atoms with E-state index in [1.807, 2.05) is 30.0 Å². The van der Waals surface area contributed by atoms with Crippen LogP contribution in [0, 0.1) is 6.92 Å². The maximum atomic E-state index is 13.8. The van der Waals surface area contributed by atoms with Gasteiger partial charge in [-0.2, -0.15) is 13.2 Å². The molecule has 1 aliphatic carbocycles. The number of piperidine rings is 1. The zero-order chi connectivity index (χ0) is 23.9. The van der Waals surface area contributed by atoms with Crippen molar-refractivity contribution in [3.63, 3.8) is 0 Å². The largest absolute Gasteiger partial charge is 0.416 e. The Balaban J connectivity index is 1.36. The van der Waals surface area contributed by atoms with Crippen molar-refractivity contribution in [2.45, 2.75) is 69.5 Å². The van der Waals surface area contributed by atoms with Gasteiger partial charge in [0.15, 0.2) is 5.78 Å². The predicted octanol–water partition coefficient (Wildman–Crippen LogP) is 6.38. The molecule has 3 fully saturated rings. The van der Waals surface area contributed by atoms with Crippen LogP contribution in [0.15, 0.2) is 42.5 Å². The number of carbonyl (C=O) groups is 1. The molecule has 1 saturated carbocycles. The van der Waals surface area contributed by atoms with Crippen molar-refractivity contribution < 1.29 is 18.0 Å². The number of nitrogens with zero attached hydrogens (tertiary/aromatic N) is 2. The minimum absolute atomic E-state index is 0.186. The lowest BCUT2D eigenvalue weighted by molar-refractivity contribution is -0.137. The monoisotopic (exact) mass is 470 g/mol. The Hall–Kier alpha value is -2.34. The molecule has 0 N–H and O–H groups in total. The van der Waals surface area contributed by atoms with Gasteiger partial charge in [0.25, 0.3) is 0 Å².